The number of rotatable bonds is 6. The van der Waals surface area contributed by atoms with Crippen LogP contribution in [-0.4, -0.2) is 34.2 Å². The Hall–Kier alpha value is -2.68. The van der Waals surface area contributed by atoms with Crippen LogP contribution in [0, 0.1) is 5.92 Å². The number of nitrogens with zero attached hydrogens (tertiary/aromatic N) is 3. The average molecular weight is 469 g/mol. The number of nitrogens with one attached hydrogen (secondary N) is 1. The van der Waals surface area contributed by atoms with Gasteiger partial charge in [0, 0.05) is 43.4 Å². The summed E-state index contributed by atoms with van der Waals surface area (Å²) in [6.45, 7) is 4.13. The van der Waals surface area contributed by atoms with Gasteiger partial charge in [-0.15, -0.1) is 0 Å². The monoisotopic (exact) mass is 468 g/mol. The molecule has 2 aromatic rings. The van der Waals surface area contributed by atoms with E-state index in [1.807, 2.05) is 11.8 Å². The van der Waals surface area contributed by atoms with E-state index in [4.69, 9.17) is 11.6 Å². The second kappa shape index (κ2) is 9.85. The van der Waals surface area contributed by atoms with E-state index in [1.54, 1.807) is 19.1 Å². The topological polar surface area (TPSA) is 75.2 Å². The van der Waals surface area contributed by atoms with Crippen LogP contribution in [0.15, 0.2) is 30.6 Å². The van der Waals surface area contributed by atoms with Crippen molar-refractivity contribution in [2.24, 2.45) is 5.92 Å². The van der Waals surface area contributed by atoms with E-state index in [9.17, 15) is 22.8 Å². The fourth-order valence-corrected chi connectivity index (χ4v) is 4.00. The van der Waals surface area contributed by atoms with Crippen molar-refractivity contribution >= 4 is 34.9 Å². The van der Waals surface area contributed by atoms with Crippen LogP contribution in [0.1, 0.15) is 55.5 Å². The first-order chi connectivity index (χ1) is 15.1. The molecule has 32 heavy (non-hydrogen) atoms. The fourth-order valence-electron chi connectivity index (χ4n) is 3.72. The molecule has 0 bridgehead atoms. The van der Waals surface area contributed by atoms with E-state index in [1.165, 1.54) is 6.20 Å². The lowest BCUT2D eigenvalue weighted by atomic mass is 9.88. The molecule has 1 amide bonds. The SMILES string of the molecule is CCC(=O)Nc1cc(C(=O)CC2CCC(C)N(c3ncc(C(F)(F)F)cc3Cl)C2)ccn1. The van der Waals surface area contributed by atoms with Crippen molar-refractivity contribution in [3.63, 3.8) is 0 Å². The lowest BCUT2D eigenvalue weighted by Gasteiger charge is -2.39. The molecule has 172 valence electrons. The number of amides is 1. The molecule has 2 aromatic heterocycles. The molecule has 2 atom stereocenters. The standard InChI is InChI=1S/C22H24ClF3N4O2/c1-3-20(32)29-19-9-15(6-7-27-19)18(31)8-14-5-4-13(2)30(12-14)21-17(23)10-16(11-28-21)22(24,25)26/h6-7,9-11,13-14H,3-5,8,12H2,1-2H3,(H,27,29,32). The molecule has 0 radical (unpaired) electrons. The zero-order valence-electron chi connectivity index (χ0n) is 17.7. The van der Waals surface area contributed by atoms with E-state index in [2.05, 4.69) is 15.3 Å². The van der Waals surface area contributed by atoms with Gasteiger partial charge in [-0.2, -0.15) is 13.2 Å². The number of hydrogen-bond acceptors (Lipinski definition) is 5. The molecule has 3 rings (SSSR count). The summed E-state index contributed by atoms with van der Waals surface area (Å²) in [6, 6.07) is 4.06. The number of Topliss-reactive ketones (excluding diaryl/α,β-unsaturated/α-hetero) is 1. The molecule has 6 nitrogen and oxygen atoms in total. The fraction of sp³-hybridized carbons (Fsp3) is 0.455. The van der Waals surface area contributed by atoms with Crippen molar-refractivity contribution in [2.75, 3.05) is 16.8 Å². The second-order valence-corrected chi connectivity index (χ2v) is 8.34. The number of aromatic nitrogens is 2. The number of hydrogen-bond donors (Lipinski definition) is 1. The highest BCUT2D eigenvalue weighted by molar-refractivity contribution is 6.33. The average Bonchev–Trinajstić information content (AvgIpc) is 2.74. The van der Waals surface area contributed by atoms with E-state index in [-0.39, 0.29) is 40.9 Å². The van der Waals surface area contributed by atoms with Gasteiger partial charge >= 0.3 is 6.18 Å². The van der Waals surface area contributed by atoms with Gasteiger partial charge in [0.25, 0.3) is 0 Å². The van der Waals surface area contributed by atoms with Crippen molar-refractivity contribution in [1.82, 2.24) is 9.97 Å². The molecule has 2 unspecified atom stereocenters. The summed E-state index contributed by atoms with van der Waals surface area (Å²) >= 11 is 6.14. The highest BCUT2D eigenvalue weighted by Crippen LogP contribution is 2.36. The summed E-state index contributed by atoms with van der Waals surface area (Å²) in [5.74, 6) is 0.311. The number of halogens is 4. The molecule has 0 aliphatic carbocycles. The maximum atomic E-state index is 12.9. The van der Waals surface area contributed by atoms with Crippen LogP contribution in [0.3, 0.4) is 0 Å². The molecule has 1 aliphatic heterocycles. The second-order valence-electron chi connectivity index (χ2n) is 7.93. The number of alkyl halides is 3. The zero-order chi connectivity index (χ0) is 23.5. The lowest BCUT2D eigenvalue weighted by Crippen LogP contribution is -2.43. The summed E-state index contributed by atoms with van der Waals surface area (Å²) in [5.41, 5.74) is -0.450. The molecule has 1 saturated heterocycles. The van der Waals surface area contributed by atoms with E-state index in [0.717, 1.165) is 25.1 Å². The third kappa shape index (κ3) is 5.76. The minimum Gasteiger partial charge on any atom is -0.352 e. The Morgan fingerprint density at radius 3 is 2.66 bits per heavy atom. The summed E-state index contributed by atoms with van der Waals surface area (Å²) in [7, 11) is 0. The molecule has 10 heteroatoms. The Morgan fingerprint density at radius 1 is 1.25 bits per heavy atom. The van der Waals surface area contributed by atoms with Crippen molar-refractivity contribution < 1.29 is 22.8 Å². The zero-order valence-corrected chi connectivity index (χ0v) is 18.5. The van der Waals surface area contributed by atoms with Gasteiger partial charge < -0.3 is 10.2 Å². The molecule has 1 N–H and O–H groups in total. The smallest absolute Gasteiger partial charge is 0.352 e. The van der Waals surface area contributed by atoms with E-state index in [0.29, 0.717) is 24.3 Å². The van der Waals surface area contributed by atoms with Gasteiger partial charge in [0.2, 0.25) is 5.91 Å². The quantitative estimate of drug-likeness (QED) is 0.576. The first-order valence-corrected chi connectivity index (χ1v) is 10.7. The van der Waals surface area contributed by atoms with Crippen molar-refractivity contribution in [3.05, 3.63) is 46.7 Å². The number of ketones is 1. The Balaban J connectivity index is 1.71. The first kappa shape index (κ1) is 24.0. The van der Waals surface area contributed by atoms with E-state index >= 15 is 0 Å². The molecule has 0 aromatic carbocycles. The van der Waals surface area contributed by atoms with Gasteiger partial charge in [-0.1, -0.05) is 18.5 Å². The van der Waals surface area contributed by atoms with Crippen LogP contribution >= 0.6 is 11.6 Å². The minimum atomic E-state index is -4.52. The number of piperidine rings is 1. The van der Waals surface area contributed by atoms with Gasteiger partial charge in [-0.05, 0) is 43.9 Å². The molecule has 0 spiro atoms. The Morgan fingerprint density at radius 2 is 2.00 bits per heavy atom. The summed E-state index contributed by atoms with van der Waals surface area (Å²) in [5, 5.41) is 2.57. The number of pyridine rings is 2. The third-order valence-electron chi connectivity index (χ3n) is 5.55. The molecular formula is C22H24ClF3N4O2. The third-order valence-corrected chi connectivity index (χ3v) is 5.82. The van der Waals surface area contributed by atoms with Crippen LogP contribution in [0.2, 0.25) is 5.02 Å². The molecule has 1 fully saturated rings. The van der Waals surface area contributed by atoms with Crippen molar-refractivity contribution in [1.29, 1.82) is 0 Å². The van der Waals surface area contributed by atoms with Crippen molar-refractivity contribution in [2.45, 2.75) is 51.7 Å². The highest BCUT2D eigenvalue weighted by atomic mass is 35.5. The number of anilines is 2. The normalized spacial score (nSPS) is 19.0. The minimum absolute atomic E-state index is 0.0132. The van der Waals surface area contributed by atoms with E-state index < -0.39 is 11.7 Å². The maximum absolute atomic E-state index is 12.9. The Bertz CT molecular complexity index is 999. The lowest BCUT2D eigenvalue weighted by molar-refractivity contribution is -0.137. The van der Waals surface area contributed by atoms with Gasteiger partial charge in [0.05, 0.1) is 10.6 Å². The maximum Gasteiger partial charge on any atom is 0.417 e. The van der Waals surface area contributed by atoms with Crippen LogP contribution in [0.5, 0.6) is 0 Å². The van der Waals surface area contributed by atoms with Gasteiger partial charge in [-0.3, -0.25) is 9.59 Å². The summed E-state index contributed by atoms with van der Waals surface area (Å²) in [4.78, 5) is 34.3. The van der Waals surface area contributed by atoms with Gasteiger partial charge in [0.1, 0.15) is 11.6 Å². The van der Waals surface area contributed by atoms with Gasteiger partial charge in [0.15, 0.2) is 5.78 Å². The molecule has 0 saturated carbocycles. The van der Waals surface area contributed by atoms with Crippen LogP contribution < -0.4 is 10.2 Å². The highest BCUT2D eigenvalue weighted by Gasteiger charge is 2.34. The summed E-state index contributed by atoms with van der Waals surface area (Å²) in [6.07, 6.45) is -0.149. The molecule has 1 aliphatic rings. The predicted octanol–water partition coefficient (Wildman–Crippen LogP) is 5.38. The Kier molecular flexibility index (Phi) is 7.38. The van der Waals surface area contributed by atoms with Crippen molar-refractivity contribution in [3.8, 4) is 0 Å². The molecule has 3 heterocycles. The van der Waals surface area contributed by atoms with Crippen LogP contribution in [0.25, 0.3) is 0 Å². The van der Waals surface area contributed by atoms with Crippen LogP contribution in [-0.2, 0) is 11.0 Å². The van der Waals surface area contributed by atoms with Gasteiger partial charge in [-0.25, -0.2) is 9.97 Å². The summed E-state index contributed by atoms with van der Waals surface area (Å²) < 4.78 is 38.8. The predicted molar refractivity (Wildman–Crippen MR) is 116 cm³/mol. The number of carbonyl (C=O) groups excluding carboxylic acids is 2. The Labute approximate surface area is 189 Å². The van der Waals surface area contributed by atoms with Crippen LogP contribution in [0.4, 0.5) is 24.8 Å². The largest absolute Gasteiger partial charge is 0.417 e. The first-order valence-electron chi connectivity index (χ1n) is 10.4. The molecular weight excluding hydrogens is 445 g/mol. The number of carbonyl (C=O) groups is 2.